The smallest absolute Gasteiger partial charge is 0.341 e. The molecule has 2 aromatic carbocycles. The normalized spacial score (nSPS) is 12.7. The highest BCUT2D eigenvalue weighted by Crippen LogP contribution is 2.31. The molecule has 3 aromatic rings. The largest absolute Gasteiger partial charge is 0.460 e. The number of rotatable bonds is 7. The lowest BCUT2D eigenvalue weighted by Crippen LogP contribution is -2.42. The number of aromatic amines is 1. The van der Waals surface area contributed by atoms with Crippen molar-refractivity contribution in [3.05, 3.63) is 65.4 Å². The molecule has 0 aliphatic rings. The molecule has 0 aliphatic carbocycles. The van der Waals surface area contributed by atoms with Crippen molar-refractivity contribution in [1.82, 2.24) is 10.2 Å². The summed E-state index contributed by atoms with van der Waals surface area (Å²) < 4.78 is 5.39. The van der Waals surface area contributed by atoms with E-state index in [9.17, 15) is 9.59 Å². The van der Waals surface area contributed by atoms with Crippen LogP contribution in [0.5, 0.6) is 0 Å². The minimum atomic E-state index is -1.62. The van der Waals surface area contributed by atoms with E-state index in [1.165, 1.54) is 6.92 Å². The molecule has 0 saturated heterocycles. The van der Waals surface area contributed by atoms with Crippen molar-refractivity contribution in [3.8, 4) is 0 Å². The minimum absolute atomic E-state index is 0. The summed E-state index contributed by atoms with van der Waals surface area (Å²) >= 11 is 6.13. The van der Waals surface area contributed by atoms with Gasteiger partial charge in [-0.1, -0.05) is 36.4 Å². The van der Waals surface area contributed by atoms with Crippen LogP contribution in [0.4, 0.5) is 0 Å². The van der Waals surface area contributed by atoms with Gasteiger partial charge in [0.15, 0.2) is 5.41 Å². The topological polar surface area (TPSA) is 107 Å². The lowest BCUT2D eigenvalue weighted by molar-refractivity contribution is -0.172. The average molecular weight is 438 g/mol. The van der Waals surface area contributed by atoms with Crippen LogP contribution in [-0.4, -0.2) is 22.1 Å². The van der Waals surface area contributed by atoms with E-state index in [1.807, 2.05) is 36.4 Å². The van der Waals surface area contributed by atoms with Gasteiger partial charge in [0, 0.05) is 11.3 Å². The second kappa shape index (κ2) is 9.73. The van der Waals surface area contributed by atoms with E-state index in [1.54, 1.807) is 12.3 Å². The van der Waals surface area contributed by atoms with Crippen LogP contribution in [0.25, 0.3) is 10.9 Å². The molecule has 1 unspecified atom stereocenters. The standard InChI is InChI=1S/C20H20ClN3O4.ClH/c1-20(19(26)28-22,18(25)27-12-13-5-3-2-4-6-13)9-14-7-8-17-16(11-23-24-17)15(14)10-21;/h2-8,11H,9-10,12,22H2,1H3,(H,23,24);1H. The Hall–Kier alpha value is -2.61. The number of hydrogen-bond acceptors (Lipinski definition) is 6. The number of esters is 1. The molecule has 0 bridgehead atoms. The van der Waals surface area contributed by atoms with Gasteiger partial charge in [-0.15, -0.1) is 24.0 Å². The summed E-state index contributed by atoms with van der Waals surface area (Å²) in [5, 5.41) is 7.71. The summed E-state index contributed by atoms with van der Waals surface area (Å²) in [5.74, 6) is 3.70. The van der Waals surface area contributed by atoms with Gasteiger partial charge in [-0.3, -0.25) is 9.89 Å². The van der Waals surface area contributed by atoms with Crippen molar-refractivity contribution in [2.24, 2.45) is 11.3 Å². The molecule has 29 heavy (non-hydrogen) atoms. The van der Waals surface area contributed by atoms with Gasteiger partial charge in [0.05, 0.1) is 11.7 Å². The van der Waals surface area contributed by atoms with Crippen molar-refractivity contribution >= 4 is 46.8 Å². The second-order valence-corrected chi connectivity index (χ2v) is 6.91. The van der Waals surface area contributed by atoms with Gasteiger partial charge >= 0.3 is 11.9 Å². The number of nitrogens with zero attached hydrogens (tertiary/aromatic N) is 1. The Morgan fingerprint density at radius 2 is 1.90 bits per heavy atom. The van der Waals surface area contributed by atoms with E-state index >= 15 is 0 Å². The number of benzene rings is 2. The van der Waals surface area contributed by atoms with E-state index in [0.717, 1.165) is 22.0 Å². The van der Waals surface area contributed by atoms with E-state index in [2.05, 4.69) is 15.0 Å². The van der Waals surface area contributed by atoms with Crippen molar-refractivity contribution in [2.45, 2.75) is 25.8 Å². The minimum Gasteiger partial charge on any atom is -0.460 e. The lowest BCUT2D eigenvalue weighted by Gasteiger charge is -2.25. The van der Waals surface area contributed by atoms with E-state index in [4.69, 9.17) is 22.2 Å². The third kappa shape index (κ3) is 4.70. The number of nitrogens with two attached hydrogens (primary N) is 1. The Morgan fingerprint density at radius 1 is 1.17 bits per heavy atom. The predicted octanol–water partition coefficient (Wildman–Crippen LogP) is 3.43. The molecule has 154 valence electrons. The monoisotopic (exact) mass is 437 g/mol. The van der Waals surface area contributed by atoms with Gasteiger partial charge in [0.2, 0.25) is 0 Å². The summed E-state index contributed by atoms with van der Waals surface area (Å²) in [6, 6.07) is 12.8. The van der Waals surface area contributed by atoms with Gasteiger partial charge in [-0.25, -0.2) is 4.79 Å². The van der Waals surface area contributed by atoms with Crippen LogP contribution in [0.1, 0.15) is 23.6 Å². The molecular weight excluding hydrogens is 417 g/mol. The molecule has 0 aliphatic heterocycles. The number of carbonyl (C=O) groups excluding carboxylic acids is 2. The van der Waals surface area contributed by atoms with Crippen LogP contribution in [0.15, 0.2) is 48.7 Å². The van der Waals surface area contributed by atoms with Gasteiger partial charge in [-0.2, -0.15) is 11.0 Å². The van der Waals surface area contributed by atoms with Crippen molar-refractivity contribution in [1.29, 1.82) is 0 Å². The maximum Gasteiger partial charge on any atom is 0.341 e. The van der Waals surface area contributed by atoms with Gasteiger partial charge < -0.3 is 9.57 Å². The molecule has 0 saturated carbocycles. The molecule has 1 heterocycles. The first-order valence-corrected chi connectivity index (χ1v) is 9.15. The quantitative estimate of drug-likeness (QED) is 0.253. The number of carbonyl (C=O) groups is 2. The molecule has 0 spiro atoms. The van der Waals surface area contributed by atoms with Crippen LogP contribution in [0.3, 0.4) is 0 Å². The maximum absolute atomic E-state index is 12.8. The van der Waals surface area contributed by atoms with Crippen molar-refractivity contribution in [2.75, 3.05) is 0 Å². The summed E-state index contributed by atoms with van der Waals surface area (Å²) in [6.07, 6.45) is 1.68. The molecular formula is C20H21Cl2N3O4. The van der Waals surface area contributed by atoms with Crippen molar-refractivity contribution < 1.29 is 19.2 Å². The summed E-state index contributed by atoms with van der Waals surface area (Å²) in [4.78, 5) is 29.6. The molecule has 3 N–H and O–H groups in total. The van der Waals surface area contributed by atoms with E-state index < -0.39 is 17.4 Å². The number of fused-ring (bicyclic) bond motifs is 1. The third-order valence-electron chi connectivity index (χ3n) is 4.73. The molecule has 3 rings (SSSR count). The molecule has 7 nitrogen and oxygen atoms in total. The number of alkyl halides is 1. The van der Waals surface area contributed by atoms with Crippen LogP contribution < -0.4 is 5.90 Å². The molecule has 0 fully saturated rings. The highest BCUT2D eigenvalue weighted by atomic mass is 35.5. The molecule has 0 amide bonds. The first kappa shape index (κ1) is 22.7. The Bertz CT molecular complexity index is 994. The summed E-state index contributed by atoms with van der Waals surface area (Å²) in [7, 11) is 0. The van der Waals surface area contributed by atoms with Crippen LogP contribution in [-0.2, 0) is 38.1 Å². The predicted molar refractivity (Wildman–Crippen MR) is 111 cm³/mol. The van der Waals surface area contributed by atoms with Gasteiger partial charge in [-0.05, 0) is 36.1 Å². The van der Waals surface area contributed by atoms with Crippen molar-refractivity contribution in [3.63, 3.8) is 0 Å². The number of H-pyrrole nitrogens is 1. The number of halogens is 2. The number of aromatic nitrogens is 2. The Labute approximate surface area is 178 Å². The highest BCUT2D eigenvalue weighted by Gasteiger charge is 2.45. The molecule has 0 radical (unpaired) electrons. The fraction of sp³-hybridized carbons (Fsp3) is 0.250. The van der Waals surface area contributed by atoms with Gasteiger partial charge in [0.25, 0.3) is 0 Å². The first-order chi connectivity index (χ1) is 13.5. The highest BCUT2D eigenvalue weighted by molar-refractivity contribution is 6.18. The summed E-state index contributed by atoms with van der Waals surface area (Å²) in [5.41, 5.74) is 1.49. The maximum atomic E-state index is 12.8. The first-order valence-electron chi connectivity index (χ1n) is 8.61. The second-order valence-electron chi connectivity index (χ2n) is 6.64. The number of ether oxygens (including phenoxy) is 1. The SMILES string of the molecule is CC(Cc1ccc2[nH]ncc2c1CCl)(C(=O)ON)C(=O)OCc1ccccc1.Cl. The van der Waals surface area contributed by atoms with Crippen LogP contribution >= 0.6 is 24.0 Å². The molecule has 1 atom stereocenters. The fourth-order valence-corrected chi connectivity index (χ4v) is 3.38. The summed E-state index contributed by atoms with van der Waals surface area (Å²) in [6.45, 7) is 1.49. The Kier molecular flexibility index (Phi) is 7.61. The lowest BCUT2D eigenvalue weighted by atomic mass is 9.82. The Balaban J connectivity index is 0.00000300. The number of hydrogen-bond donors (Lipinski definition) is 2. The van der Waals surface area contributed by atoms with Crippen LogP contribution in [0, 0.1) is 5.41 Å². The van der Waals surface area contributed by atoms with Crippen LogP contribution in [0.2, 0.25) is 0 Å². The van der Waals surface area contributed by atoms with Gasteiger partial charge in [0.1, 0.15) is 6.61 Å². The average Bonchev–Trinajstić information content (AvgIpc) is 3.20. The number of nitrogens with one attached hydrogen (secondary N) is 1. The fourth-order valence-electron chi connectivity index (χ4n) is 3.07. The zero-order valence-corrected chi connectivity index (χ0v) is 17.3. The van der Waals surface area contributed by atoms with E-state index in [0.29, 0.717) is 5.56 Å². The molecule has 9 heteroatoms. The zero-order chi connectivity index (χ0) is 20.1. The Morgan fingerprint density at radius 3 is 2.55 bits per heavy atom. The third-order valence-corrected chi connectivity index (χ3v) is 5.00. The van der Waals surface area contributed by atoms with E-state index in [-0.39, 0.29) is 31.3 Å². The zero-order valence-electron chi connectivity index (χ0n) is 15.7. The molecule has 1 aromatic heterocycles.